The summed E-state index contributed by atoms with van der Waals surface area (Å²) in [5.74, 6) is 2.07. The lowest BCUT2D eigenvalue weighted by Crippen LogP contribution is -2.26. The highest BCUT2D eigenvalue weighted by atomic mass is 16.5. The number of methoxy groups -OCH3 is 1. The predicted molar refractivity (Wildman–Crippen MR) is 85.2 cm³/mol. The molecule has 1 aliphatic rings. The van der Waals surface area contributed by atoms with Gasteiger partial charge in [-0.05, 0) is 24.6 Å². The first-order chi connectivity index (χ1) is 11.2. The van der Waals surface area contributed by atoms with Crippen LogP contribution in [0, 0.1) is 0 Å². The van der Waals surface area contributed by atoms with Crippen LogP contribution in [0.3, 0.4) is 0 Å². The Labute approximate surface area is 135 Å². The molecule has 0 saturated heterocycles. The number of ether oxygens (including phenoxy) is 3. The van der Waals surface area contributed by atoms with E-state index in [0.717, 1.165) is 12.0 Å². The molecule has 0 aliphatic carbocycles. The molecule has 0 N–H and O–H groups in total. The summed E-state index contributed by atoms with van der Waals surface area (Å²) in [6, 6.07) is 7.19. The van der Waals surface area contributed by atoms with Gasteiger partial charge < -0.3 is 14.2 Å². The number of Topliss-reactive ketones (excluding diaryl/α,β-unsaturated/α-hetero) is 1. The summed E-state index contributed by atoms with van der Waals surface area (Å²) in [7, 11) is 1.60. The number of fused-ring (bicyclic) bond motifs is 1. The molecule has 1 unspecified atom stereocenters. The van der Waals surface area contributed by atoms with Crippen LogP contribution in [-0.4, -0.2) is 24.0 Å². The molecule has 0 fully saturated rings. The standard InChI is InChI=1S/C18H19NO4/c1-3-13-8-16(20)15-5-4-14(9-17(15)23-13)22-11-12-6-7-19-10-18(12)21-2/h4-7,9-10,13H,3,8,11H2,1-2H3. The lowest BCUT2D eigenvalue weighted by Gasteiger charge is -2.24. The number of hydrogen-bond donors (Lipinski definition) is 0. The van der Waals surface area contributed by atoms with Crippen molar-refractivity contribution in [2.45, 2.75) is 32.5 Å². The number of nitrogens with zero attached hydrogens (tertiary/aromatic N) is 1. The largest absolute Gasteiger partial charge is 0.495 e. The highest BCUT2D eigenvalue weighted by molar-refractivity contribution is 6.00. The molecular formula is C18H19NO4. The predicted octanol–water partition coefficient (Wildman–Crippen LogP) is 3.41. The van der Waals surface area contributed by atoms with Crippen molar-refractivity contribution in [1.82, 2.24) is 4.98 Å². The molecule has 5 heteroatoms. The van der Waals surface area contributed by atoms with Crippen LogP contribution in [0.1, 0.15) is 35.7 Å². The normalized spacial score (nSPS) is 16.4. The molecular weight excluding hydrogens is 294 g/mol. The Morgan fingerprint density at radius 1 is 1.35 bits per heavy atom. The van der Waals surface area contributed by atoms with Gasteiger partial charge in [-0.3, -0.25) is 9.78 Å². The minimum atomic E-state index is -0.0504. The van der Waals surface area contributed by atoms with Gasteiger partial charge in [0.1, 0.15) is 30.0 Å². The van der Waals surface area contributed by atoms with Crippen molar-refractivity contribution in [2.75, 3.05) is 7.11 Å². The first-order valence-electron chi connectivity index (χ1n) is 7.64. The summed E-state index contributed by atoms with van der Waals surface area (Å²) in [6.07, 6.45) is 4.55. The number of pyridine rings is 1. The molecule has 1 aromatic carbocycles. The Balaban J connectivity index is 1.76. The molecule has 0 bridgehead atoms. The van der Waals surface area contributed by atoms with E-state index in [1.54, 1.807) is 37.7 Å². The van der Waals surface area contributed by atoms with Crippen molar-refractivity contribution in [1.29, 1.82) is 0 Å². The molecule has 1 aliphatic heterocycles. The van der Waals surface area contributed by atoms with E-state index >= 15 is 0 Å². The van der Waals surface area contributed by atoms with Crippen molar-refractivity contribution in [3.05, 3.63) is 47.8 Å². The van der Waals surface area contributed by atoms with Gasteiger partial charge in [0.15, 0.2) is 5.78 Å². The minimum absolute atomic E-state index is 0.0504. The Morgan fingerprint density at radius 3 is 3.00 bits per heavy atom. The average Bonchev–Trinajstić information content (AvgIpc) is 2.59. The molecule has 2 heterocycles. The molecule has 5 nitrogen and oxygen atoms in total. The smallest absolute Gasteiger partial charge is 0.170 e. The molecule has 120 valence electrons. The maximum Gasteiger partial charge on any atom is 0.170 e. The zero-order chi connectivity index (χ0) is 16.2. The first kappa shape index (κ1) is 15.3. The Kier molecular flexibility index (Phi) is 4.46. The summed E-state index contributed by atoms with van der Waals surface area (Å²) in [5.41, 5.74) is 1.53. The lowest BCUT2D eigenvalue weighted by atomic mass is 9.99. The van der Waals surface area contributed by atoms with Crippen molar-refractivity contribution >= 4 is 5.78 Å². The minimum Gasteiger partial charge on any atom is -0.495 e. The third-order valence-electron chi connectivity index (χ3n) is 3.90. The van der Waals surface area contributed by atoms with Crippen molar-refractivity contribution in [2.24, 2.45) is 0 Å². The van der Waals surface area contributed by atoms with Gasteiger partial charge in [-0.2, -0.15) is 0 Å². The monoisotopic (exact) mass is 313 g/mol. The second-order valence-corrected chi connectivity index (χ2v) is 5.41. The fraction of sp³-hybridized carbons (Fsp3) is 0.333. The molecule has 2 aromatic rings. The Hall–Kier alpha value is -2.56. The fourth-order valence-electron chi connectivity index (χ4n) is 2.56. The van der Waals surface area contributed by atoms with E-state index in [0.29, 0.717) is 35.8 Å². The average molecular weight is 313 g/mol. The van der Waals surface area contributed by atoms with E-state index in [1.807, 2.05) is 13.0 Å². The number of benzene rings is 1. The summed E-state index contributed by atoms with van der Waals surface area (Å²) >= 11 is 0. The number of aromatic nitrogens is 1. The highest BCUT2D eigenvalue weighted by Crippen LogP contribution is 2.32. The van der Waals surface area contributed by atoms with E-state index in [-0.39, 0.29) is 11.9 Å². The quantitative estimate of drug-likeness (QED) is 0.846. The van der Waals surface area contributed by atoms with Gasteiger partial charge in [0.05, 0.1) is 18.9 Å². The second kappa shape index (κ2) is 6.69. The molecule has 0 amide bonds. The zero-order valence-corrected chi connectivity index (χ0v) is 13.2. The van der Waals surface area contributed by atoms with Gasteiger partial charge in [0.25, 0.3) is 0 Å². The van der Waals surface area contributed by atoms with Crippen LogP contribution in [0.15, 0.2) is 36.7 Å². The van der Waals surface area contributed by atoms with Crippen LogP contribution in [0.4, 0.5) is 0 Å². The van der Waals surface area contributed by atoms with E-state index in [4.69, 9.17) is 14.2 Å². The summed E-state index contributed by atoms with van der Waals surface area (Å²) in [5, 5.41) is 0. The van der Waals surface area contributed by atoms with Crippen LogP contribution in [0.5, 0.6) is 17.2 Å². The molecule has 1 aromatic heterocycles. The topological polar surface area (TPSA) is 57.7 Å². The summed E-state index contributed by atoms with van der Waals surface area (Å²) in [6.45, 7) is 2.37. The van der Waals surface area contributed by atoms with Crippen LogP contribution in [-0.2, 0) is 6.61 Å². The van der Waals surface area contributed by atoms with Crippen molar-refractivity contribution in [3.8, 4) is 17.2 Å². The molecule has 0 saturated carbocycles. The van der Waals surface area contributed by atoms with Gasteiger partial charge in [-0.15, -0.1) is 0 Å². The van der Waals surface area contributed by atoms with E-state index in [9.17, 15) is 4.79 Å². The molecule has 3 rings (SSSR count). The third-order valence-corrected chi connectivity index (χ3v) is 3.90. The summed E-state index contributed by atoms with van der Waals surface area (Å²) in [4.78, 5) is 16.1. The van der Waals surface area contributed by atoms with Gasteiger partial charge in [-0.1, -0.05) is 6.92 Å². The van der Waals surface area contributed by atoms with Crippen LogP contribution in [0.2, 0.25) is 0 Å². The van der Waals surface area contributed by atoms with Gasteiger partial charge in [0.2, 0.25) is 0 Å². The number of hydrogen-bond acceptors (Lipinski definition) is 5. The Morgan fingerprint density at radius 2 is 2.22 bits per heavy atom. The van der Waals surface area contributed by atoms with Crippen molar-refractivity contribution in [3.63, 3.8) is 0 Å². The lowest BCUT2D eigenvalue weighted by molar-refractivity contribution is 0.0845. The molecule has 0 spiro atoms. The summed E-state index contributed by atoms with van der Waals surface area (Å²) < 4.78 is 16.9. The van der Waals surface area contributed by atoms with E-state index in [2.05, 4.69) is 4.98 Å². The molecule has 23 heavy (non-hydrogen) atoms. The number of carbonyl (C=O) groups is 1. The highest BCUT2D eigenvalue weighted by Gasteiger charge is 2.25. The van der Waals surface area contributed by atoms with Crippen LogP contribution in [0.25, 0.3) is 0 Å². The SMILES string of the molecule is CCC1CC(=O)c2ccc(OCc3ccncc3OC)cc2O1. The Bertz CT molecular complexity index is 714. The molecule has 0 radical (unpaired) electrons. The maximum absolute atomic E-state index is 12.1. The number of ketones is 1. The van der Waals surface area contributed by atoms with Gasteiger partial charge >= 0.3 is 0 Å². The maximum atomic E-state index is 12.1. The first-order valence-corrected chi connectivity index (χ1v) is 7.64. The van der Waals surface area contributed by atoms with Crippen molar-refractivity contribution < 1.29 is 19.0 Å². The molecule has 1 atom stereocenters. The van der Waals surface area contributed by atoms with Gasteiger partial charge in [0, 0.05) is 24.2 Å². The van der Waals surface area contributed by atoms with E-state index in [1.165, 1.54) is 0 Å². The van der Waals surface area contributed by atoms with Crippen LogP contribution < -0.4 is 14.2 Å². The zero-order valence-electron chi connectivity index (χ0n) is 13.2. The second-order valence-electron chi connectivity index (χ2n) is 5.41. The number of rotatable bonds is 5. The van der Waals surface area contributed by atoms with E-state index < -0.39 is 0 Å². The van der Waals surface area contributed by atoms with Gasteiger partial charge in [-0.25, -0.2) is 0 Å². The number of carbonyl (C=O) groups excluding carboxylic acids is 1. The fourth-order valence-corrected chi connectivity index (χ4v) is 2.56. The third kappa shape index (κ3) is 3.28. The van der Waals surface area contributed by atoms with Crippen LogP contribution >= 0.6 is 0 Å².